The molecule has 1 saturated carbocycles. The van der Waals surface area contributed by atoms with E-state index >= 15 is 4.39 Å². The Morgan fingerprint density at radius 1 is 0.940 bits per heavy atom. The topological polar surface area (TPSA) is 91.8 Å². The Bertz CT molecular complexity index is 1440. The molecule has 0 bridgehead atoms. The molecule has 6 rings (SSSR count). The van der Waals surface area contributed by atoms with E-state index in [1.807, 2.05) is 24.3 Å². The van der Waals surface area contributed by atoms with Gasteiger partial charge in [-0.2, -0.15) is 0 Å². The molecule has 278 valence electrons. The lowest BCUT2D eigenvalue weighted by molar-refractivity contribution is -0.146. The van der Waals surface area contributed by atoms with E-state index in [9.17, 15) is 19.1 Å². The van der Waals surface area contributed by atoms with Gasteiger partial charge in [-0.25, -0.2) is 8.78 Å². The van der Waals surface area contributed by atoms with Crippen LogP contribution in [0.25, 0.3) is 0 Å². The highest BCUT2D eigenvalue weighted by molar-refractivity contribution is 5.88. The average Bonchev–Trinajstić information content (AvgIpc) is 3.70. The molecule has 50 heavy (non-hydrogen) atoms. The molecule has 0 unspecified atom stereocenters. The van der Waals surface area contributed by atoms with Crippen LogP contribution in [0.4, 0.5) is 14.5 Å². The van der Waals surface area contributed by atoms with Crippen LogP contribution in [0.15, 0.2) is 42.5 Å². The molecule has 0 spiro atoms. The number of carboxylic acids is 1. The Hall–Kier alpha value is -2.70. The third-order valence-electron chi connectivity index (χ3n) is 11.4. The summed E-state index contributed by atoms with van der Waals surface area (Å²) in [6, 6.07) is 11.9. The second kappa shape index (κ2) is 17.2. The van der Waals surface area contributed by atoms with Crippen molar-refractivity contribution < 1.29 is 37.7 Å². The predicted molar refractivity (Wildman–Crippen MR) is 192 cm³/mol. The molecule has 1 N–H and O–H groups in total. The van der Waals surface area contributed by atoms with Gasteiger partial charge in [0.15, 0.2) is 0 Å². The van der Waals surface area contributed by atoms with Crippen LogP contribution in [0.2, 0.25) is 0 Å². The first kappa shape index (κ1) is 40.1. The molecular weight excluding hydrogens is 691 g/mol. The number of rotatable bonds is 10. The molecule has 3 heterocycles. The van der Waals surface area contributed by atoms with E-state index in [0.29, 0.717) is 44.6 Å². The number of hydrogen-bond donors (Lipinski definition) is 1. The third-order valence-corrected chi connectivity index (χ3v) is 11.4. The van der Waals surface area contributed by atoms with Crippen molar-refractivity contribution in [3.05, 3.63) is 59.4 Å². The lowest BCUT2D eigenvalue weighted by atomic mass is 9.85. The van der Waals surface area contributed by atoms with Crippen LogP contribution in [-0.4, -0.2) is 111 Å². The summed E-state index contributed by atoms with van der Waals surface area (Å²) >= 11 is 0. The highest BCUT2D eigenvalue weighted by Gasteiger charge is 2.58. The van der Waals surface area contributed by atoms with E-state index in [1.54, 1.807) is 32.3 Å². The normalized spacial score (nSPS) is 28.9. The standard InChI is InChI=1S/C37H49F2N3O6.2ClH/c1-46-22-29-18-26(32-13-6-27(38)19-34(32)40-16-14-25(15-17-40)35(43)44)20-42(29)36(45)37(39)23-41(28-7-11-31(48-3)12-8-28)21-33(37)24-4-9-30(47-2)10-5-24;;/h4-6,9-10,13,19,25-26,28-29,31,33H,7-8,11-12,14-18,20-23H2,1-3H3,(H,43,44);2*1H/t26-,28?,29+,31?,33+,37+;;/m1../s1. The average molecular weight is 743 g/mol. The Morgan fingerprint density at radius 2 is 1.62 bits per heavy atom. The van der Waals surface area contributed by atoms with Crippen molar-refractivity contribution in [2.45, 2.75) is 80.6 Å². The number of methoxy groups -OCH3 is 3. The van der Waals surface area contributed by atoms with Gasteiger partial charge in [-0.3, -0.25) is 14.5 Å². The fraction of sp³-hybridized carbons (Fsp3) is 0.622. The van der Waals surface area contributed by atoms with Crippen molar-refractivity contribution in [1.82, 2.24) is 9.80 Å². The Morgan fingerprint density at radius 3 is 2.22 bits per heavy atom. The van der Waals surface area contributed by atoms with Crippen LogP contribution in [0, 0.1) is 11.7 Å². The van der Waals surface area contributed by atoms with Gasteiger partial charge in [0.25, 0.3) is 5.91 Å². The number of benzene rings is 2. The molecule has 2 aromatic carbocycles. The molecule has 3 saturated heterocycles. The summed E-state index contributed by atoms with van der Waals surface area (Å²) in [4.78, 5) is 32.2. The van der Waals surface area contributed by atoms with Gasteiger partial charge in [-0.1, -0.05) is 18.2 Å². The minimum Gasteiger partial charge on any atom is -0.497 e. The molecule has 4 atom stereocenters. The van der Waals surface area contributed by atoms with Crippen molar-refractivity contribution in [1.29, 1.82) is 0 Å². The van der Waals surface area contributed by atoms with Gasteiger partial charge < -0.3 is 29.1 Å². The summed E-state index contributed by atoms with van der Waals surface area (Å²) in [6.07, 6.45) is 5.35. The van der Waals surface area contributed by atoms with Crippen molar-refractivity contribution in [3.8, 4) is 5.75 Å². The first-order valence-electron chi connectivity index (χ1n) is 17.3. The van der Waals surface area contributed by atoms with Gasteiger partial charge >= 0.3 is 5.97 Å². The SMILES string of the molecule is COC[C@@H]1C[C@@H](c2ccc(F)cc2N2CCC(C(=O)O)CC2)CN1C(=O)[C@]1(F)CN(C2CCC(OC)CC2)C[C@H]1c1ccc(OC)cc1.Cl.Cl. The van der Waals surface area contributed by atoms with Crippen LogP contribution < -0.4 is 9.64 Å². The van der Waals surface area contributed by atoms with Gasteiger partial charge in [-0.05, 0) is 80.3 Å². The molecule has 9 nitrogen and oxygen atoms in total. The van der Waals surface area contributed by atoms with Gasteiger partial charge in [0, 0.05) is 70.5 Å². The maximum absolute atomic E-state index is 17.9. The molecule has 3 aliphatic heterocycles. The Balaban J connectivity index is 0.00000281. The summed E-state index contributed by atoms with van der Waals surface area (Å²) in [5.74, 6) is -2.25. The smallest absolute Gasteiger partial charge is 0.306 e. The fourth-order valence-corrected chi connectivity index (χ4v) is 8.68. The summed E-state index contributed by atoms with van der Waals surface area (Å²) in [5.41, 5.74) is 0.227. The van der Waals surface area contributed by atoms with Crippen LogP contribution in [0.3, 0.4) is 0 Å². The number of carbonyl (C=O) groups is 2. The van der Waals surface area contributed by atoms with Crippen LogP contribution in [0.5, 0.6) is 5.75 Å². The number of carboxylic acid groups (broad SMARTS) is 1. The summed E-state index contributed by atoms with van der Waals surface area (Å²) < 4.78 is 49.1. The monoisotopic (exact) mass is 741 g/mol. The predicted octanol–water partition coefficient (Wildman–Crippen LogP) is 6.08. The lowest BCUT2D eigenvalue weighted by Gasteiger charge is -2.35. The molecule has 1 aliphatic carbocycles. The zero-order valence-corrected chi connectivity index (χ0v) is 30.7. The summed E-state index contributed by atoms with van der Waals surface area (Å²) in [6.45, 7) is 2.02. The zero-order valence-electron chi connectivity index (χ0n) is 29.1. The first-order chi connectivity index (χ1) is 23.1. The molecule has 2 aromatic rings. The maximum Gasteiger partial charge on any atom is 0.306 e. The van der Waals surface area contributed by atoms with Crippen LogP contribution in [-0.2, 0) is 19.1 Å². The zero-order chi connectivity index (χ0) is 34.0. The van der Waals surface area contributed by atoms with E-state index in [4.69, 9.17) is 14.2 Å². The van der Waals surface area contributed by atoms with Gasteiger partial charge in [0.2, 0.25) is 5.67 Å². The first-order valence-corrected chi connectivity index (χ1v) is 17.3. The molecule has 0 radical (unpaired) electrons. The van der Waals surface area contributed by atoms with Crippen molar-refractivity contribution in [3.63, 3.8) is 0 Å². The highest BCUT2D eigenvalue weighted by Crippen LogP contribution is 2.46. The van der Waals surface area contributed by atoms with E-state index in [-0.39, 0.29) is 74.4 Å². The number of alkyl halides is 1. The number of hydrogen-bond acceptors (Lipinski definition) is 7. The second-order valence-electron chi connectivity index (χ2n) is 14.1. The number of carbonyl (C=O) groups excluding carboxylic acids is 1. The van der Waals surface area contributed by atoms with Crippen molar-refractivity contribution >= 4 is 42.4 Å². The minimum absolute atomic E-state index is 0. The maximum atomic E-state index is 17.9. The quantitative estimate of drug-likeness (QED) is 0.314. The Kier molecular flexibility index (Phi) is 13.8. The molecule has 0 aromatic heterocycles. The van der Waals surface area contributed by atoms with Gasteiger partial charge in [-0.15, -0.1) is 24.8 Å². The van der Waals surface area contributed by atoms with Crippen molar-refractivity contribution in [2.24, 2.45) is 5.92 Å². The molecule has 4 fully saturated rings. The molecule has 1 amide bonds. The Labute approximate surface area is 306 Å². The lowest BCUT2D eigenvalue weighted by Crippen LogP contribution is -2.53. The number of anilines is 1. The third kappa shape index (κ3) is 8.17. The molecular formula is C37H51Cl2F2N3O6. The fourth-order valence-electron chi connectivity index (χ4n) is 8.68. The minimum atomic E-state index is -2.15. The summed E-state index contributed by atoms with van der Waals surface area (Å²) in [5, 5.41) is 9.49. The largest absolute Gasteiger partial charge is 0.497 e. The molecule has 4 aliphatic rings. The van der Waals surface area contributed by atoms with E-state index in [2.05, 4.69) is 9.80 Å². The van der Waals surface area contributed by atoms with Crippen molar-refractivity contribution in [2.75, 3.05) is 65.6 Å². The number of halogens is 4. The summed E-state index contributed by atoms with van der Waals surface area (Å²) in [7, 11) is 4.92. The van der Waals surface area contributed by atoms with Crippen LogP contribution in [0.1, 0.15) is 67.9 Å². The number of nitrogens with zero attached hydrogens (tertiary/aromatic N) is 3. The van der Waals surface area contributed by atoms with E-state index < -0.39 is 29.4 Å². The number of amides is 1. The van der Waals surface area contributed by atoms with E-state index in [0.717, 1.165) is 42.5 Å². The highest BCUT2D eigenvalue weighted by atomic mass is 35.5. The second-order valence-corrected chi connectivity index (χ2v) is 14.1. The number of aliphatic carboxylic acids is 1. The van der Waals surface area contributed by atoms with Gasteiger partial charge in [0.1, 0.15) is 11.6 Å². The molecule has 13 heteroatoms. The number of ether oxygens (including phenoxy) is 3. The number of piperidine rings is 1. The van der Waals surface area contributed by atoms with Crippen LogP contribution >= 0.6 is 24.8 Å². The van der Waals surface area contributed by atoms with Gasteiger partial charge in [0.05, 0.1) is 31.8 Å². The van der Waals surface area contributed by atoms with E-state index in [1.165, 1.54) is 12.1 Å². The number of likely N-dealkylation sites (tertiary alicyclic amines) is 2.